The Hall–Kier alpha value is -3.16. The molecular formula is C27H36F2N2O4. The number of aliphatic carboxylic acids is 1. The molecule has 0 aliphatic rings. The summed E-state index contributed by atoms with van der Waals surface area (Å²) in [5.41, 5.74) is -0.527. The van der Waals surface area contributed by atoms with Gasteiger partial charge in [0.25, 0.3) is 0 Å². The van der Waals surface area contributed by atoms with Gasteiger partial charge in [-0.1, -0.05) is 51.7 Å². The Morgan fingerprint density at radius 2 is 1.77 bits per heavy atom. The number of hydrogen-bond donors (Lipinski definition) is 2. The maximum Gasteiger partial charge on any atom is 0.347 e. The highest BCUT2D eigenvalue weighted by Gasteiger charge is 2.33. The first-order valence-corrected chi connectivity index (χ1v) is 12.2. The minimum absolute atomic E-state index is 0.0738. The van der Waals surface area contributed by atoms with Crippen molar-refractivity contribution in [3.05, 3.63) is 59.7 Å². The maximum absolute atomic E-state index is 14.1. The average molecular weight is 491 g/mol. The van der Waals surface area contributed by atoms with Gasteiger partial charge in [0.15, 0.2) is 0 Å². The first-order chi connectivity index (χ1) is 16.7. The number of amides is 2. The molecule has 0 saturated carbocycles. The van der Waals surface area contributed by atoms with E-state index in [0.717, 1.165) is 49.8 Å². The van der Waals surface area contributed by atoms with Crippen molar-refractivity contribution in [1.29, 1.82) is 0 Å². The number of ether oxygens (including phenoxy) is 1. The summed E-state index contributed by atoms with van der Waals surface area (Å²) in [6.07, 6.45) is 5.93. The van der Waals surface area contributed by atoms with Crippen LogP contribution in [-0.2, 0) is 11.2 Å². The molecule has 0 aliphatic carbocycles. The summed E-state index contributed by atoms with van der Waals surface area (Å²) in [7, 11) is 0. The van der Waals surface area contributed by atoms with Crippen LogP contribution in [0, 0.1) is 11.6 Å². The van der Waals surface area contributed by atoms with Gasteiger partial charge in [0.05, 0.1) is 5.69 Å². The van der Waals surface area contributed by atoms with Gasteiger partial charge in [0.1, 0.15) is 17.4 Å². The molecular weight excluding hydrogens is 454 g/mol. The van der Waals surface area contributed by atoms with E-state index < -0.39 is 29.2 Å². The molecule has 8 heteroatoms. The summed E-state index contributed by atoms with van der Waals surface area (Å²) in [4.78, 5) is 26.1. The van der Waals surface area contributed by atoms with Crippen molar-refractivity contribution in [2.45, 2.75) is 71.3 Å². The number of urea groups is 1. The van der Waals surface area contributed by atoms with Gasteiger partial charge in [-0.3, -0.25) is 0 Å². The summed E-state index contributed by atoms with van der Waals surface area (Å²) in [5.74, 6) is -2.14. The Kier molecular flexibility index (Phi) is 11.0. The molecule has 0 radical (unpaired) electrons. The molecule has 0 unspecified atom stereocenters. The van der Waals surface area contributed by atoms with Crippen molar-refractivity contribution < 1.29 is 28.2 Å². The van der Waals surface area contributed by atoms with Gasteiger partial charge in [-0.2, -0.15) is 0 Å². The molecule has 0 aromatic heterocycles. The molecule has 2 rings (SSSR count). The minimum Gasteiger partial charge on any atom is -0.478 e. The highest BCUT2D eigenvalue weighted by Crippen LogP contribution is 2.23. The van der Waals surface area contributed by atoms with Gasteiger partial charge < -0.3 is 20.1 Å². The highest BCUT2D eigenvalue weighted by molar-refractivity contribution is 5.89. The van der Waals surface area contributed by atoms with E-state index in [4.69, 9.17) is 4.74 Å². The minimum atomic E-state index is -1.33. The molecule has 2 aromatic rings. The maximum atomic E-state index is 14.1. The normalized spacial score (nSPS) is 12.6. The number of carbonyl (C=O) groups is 2. The number of carbonyl (C=O) groups excluding carboxylic acids is 1. The smallest absolute Gasteiger partial charge is 0.347 e. The van der Waals surface area contributed by atoms with E-state index in [1.165, 1.54) is 13.0 Å². The molecule has 0 spiro atoms. The van der Waals surface area contributed by atoms with Crippen LogP contribution in [0.2, 0.25) is 0 Å². The number of nitrogens with zero attached hydrogens (tertiary/aromatic N) is 1. The SMILES string of the molecule is CCCCCCCN(CCc1cccc(O[C@](C)(CC)C(=O)O)c1)C(=O)Nc1ccc(F)cc1F. The van der Waals surface area contributed by atoms with E-state index >= 15 is 0 Å². The molecule has 6 nitrogen and oxygen atoms in total. The van der Waals surface area contributed by atoms with Crippen molar-refractivity contribution >= 4 is 17.7 Å². The first kappa shape index (κ1) is 28.1. The lowest BCUT2D eigenvalue weighted by molar-refractivity contribution is -0.154. The number of nitrogens with one attached hydrogen (secondary N) is 1. The third kappa shape index (κ3) is 8.85. The largest absolute Gasteiger partial charge is 0.478 e. The van der Waals surface area contributed by atoms with Gasteiger partial charge in [0, 0.05) is 19.2 Å². The van der Waals surface area contributed by atoms with Crippen LogP contribution in [0.1, 0.15) is 64.9 Å². The van der Waals surface area contributed by atoms with Gasteiger partial charge in [-0.05, 0) is 56.0 Å². The monoisotopic (exact) mass is 490 g/mol. The summed E-state index contributed by atoms with van der Waals surface area (Å²) < 4.78 is 33.0. The van der Waals surface area contributed by atoms with Gasteiger partial charge in [-0.15, -0.1) is 0 Å². The Balaban J connectivity index is 2.08. The third-order valence-electron chi connectivity index (χ3n) is 6.03. The molecule has 2 N–H and O–H groups in total. The van der Waals surface area contributed by atoms with Crippen LogP contribution < -0.4 is 10.1 Å². The van der Waals surface area contributed by atoms with E-state index in [-0.39, 0.29) is 5.69 Å². The van der Waals surface area contributed by atoms with Crippen LogP contribution >= 0.6 is 0 Å². The zero-order valence-corrected chi connectivity index (χ0v) is 20.8. The van der Waals surface area contributed by atoms with Gasteiger partial charge >= 0.3 is 12.0 Å². The van der Waals surface area contributed by atoms with Gasteiger partial charge in [0.2, 0.25) is 5.60 Å². The first-order valence-electron chi connectivity index (χ1n) is 12.2. The van der Waals surface area contributed by atoms with Crippen molar-refractivity contribution in [1.82, 2.24) is 4.90 Å². The van der Waals surface area contributed by atoms with E-state index in [1.54, 1.807) is 30.0 Å². The molecule has 192 valence electrons. The lowest BCUT2D eigenvalue weighted by Gasteiger charge is -2.25. The van der Waals surface area contributed by atoms with Gasteiger partial charge in [-0.25, -0.2) is 18.4 Å². The second-order valence-corrected chi connectivity index (χ2v) is 8.84. The molecule has 0 heterocycles. The van der Waals surface area contributed by atoms with Crippen molar-refractivity contribution in [3.8, 4) is 5.75 Å². The van der Waals surface area contributed by atoms with Crippen LogP contribution in [0.3, 0.4) is 0 Å². The molecule has 1 atom stereocenters. The number of rotatable bonds is 14. The molecule has 0 bridgehead atoms. The van der Waals surface area contributed by atoms with Crippen LogP contribution in [0.15, 0.2) is 42.5 Å². The van der Waals surface area contributed by atoms with E-state index in [1.807, 2.05) is 6.07 Å². The number of hydrogen-bond acceptors (Lipinski definition) is 3. The Labute approximate surface area is 206 Å². The van der Waals surface area contributed by atoms with Crippen molar-refractivity contribution in [2.24, 2.45) is 0 Å². The van der Waals surface area contributed by atoms with E-state index in [9.17, 15) is 23.5 Å². The predicted molar refractivity (Wildman–Crippen MR) is 133 cm³/mol. The lowest BCUT2D eigenvalue weighted by Crippen LogP contribution is -2.40. The second kappa shape index (κ2) is 13.7. The number of halogens is 2. The average Bonchev–Trinajstić information content (AvgIpc) is 2.82. The highest BCUT2D eigenvalue weighted by atomic mass is 19.1. The zero-order chi connectivity index (χ0) is 25.8. The second-order valence-electron chi connectivity index (χ2n) is 8.84. The molecule has 2 amide bonds. The van der Waals surface area contributed by atoms with E-state index in [2.05, 4.69) is 12.2 Å². The fraction of sp³-hybridized carbons (Fsp3) is 0.481. The molecule has 35 heavy (non-hydrogen) atoms. The summed E-state index contributed by atoms with van der Waals surface area (Å²) >= 11 is 0. The molecule has 0 fully saturated rings. The van der Waals surface area contributed by atoms with Crippen LogP contribution in [0.25, 0.3) is 0 Å². The number of carboxylic acids is 1. The number of benzene rings is 2. The molecule has 2 aromatic carbocycles. The number of anilines is 1. The fourth-order valence-electron chi connectivity index (χ4n) is 3.56. The molecule has 0 aliphatic heterocycles. The topological polar surface area (TPSA) is 78.9 Å². The third-order valence-corrected chi connectivity index (χ3v) is 6.03. The quantitative estimate of drug-likeness (QED) is 0.291. The lowest BCUT2D eigenvalue weighted by atomic mass is 10.0. The standard InChI is InChI=1S/C27H36F2N2O4/c1-4-6-7-8-9-16-31(26(34)30-24-14-13-21(28)19-23(24)29)17-15-20-11-10-12-22(18-20)35-27(3,5-2)25(32)33/h10-14,18-19H,4-9,15-17H2,1-3H3,(H,30,34)(H,32,33)/t27-/m1/s1. The Bertz CT molecular complexity index is 985. The zero-order valence-electron chi connectivity index (χ0n) is 20.8. The van der Waals surface area contributed by atoms with E-state index in [0.29, 0.717) is 31.7 Å². The summed E-state index contributed by atoms with van der Waals surface area (Å²) in [6, 6.07) is 9.72. The summed E-state index contributed by atoms with van der Waals surface area (Å²) in [6.45, 7) is 6.28. The summed E-state index contributed by atoms with van der Waals surface area (Å²) in [5, 5.41) is 12.0. The fourth-order valence-corrected chi connectivity index (χ4v) is 3.56. The molecule has 0 saturated heterocycles. The predicted octanol–water partition coefficient (Wildman–Crippen LogP) is 6.64. The van der Waals surface area contributed by atoms with Crippen LogP contribution in [-0.4, -0.2) is 40.7 Å². The van der Waals surface area contributed by atoms with Crippen LogP contribution in [0.4, 0.5) is 19.3 Å². The Morgan fingerprint density at radius 3 is 2.43 bits per heavy atom. The van der Waals surface area contributed by atoms with Crippen molar-refractivity contribution in [3.63, 3.8) is 0 Å². The van der Waals surface area contributed by atoms with Crippen LogP contribution in [0.5, 0.6) is 5.75 Å². The van der Waals surface area contributed by atoms with Crippen molar-refractivity contribution in [2.75, 3.05) is 18.4 Å². The number of carboxylic acid groups (broad SMARTS) is 1. The Morgan fingerprint density at radius 1 is 1.03 bits per heavy atom. The number of unbranched alkanes of at least 4 members (excludes halogenated alkanes) is 4.